The number of carbonyl (C=O) groups excluding carboxylic acids is 1. The number of hydrogen-bond acceptors (Lipinski definition) is 2. The summed E-state index contributed by atoms with van der Waals surface area (Å²) in [5, 5.41) is 4.17. The number of fused-ring (bicyclic) bond motifs is 1. The van der Waals surface area contributed by atoms with Crippen LogP contribution in [0.15, 0.2) is 42.5 Å². The molecule has 1 aliphatic heterocycles. The third-order valence-electron chi connectivity index (χ3n) is 4.36. The molecule has 0 bridgehead atoms. The maximum Gasteiger partial charge on any atom is 0.262 e. The van der Waals surface area contributed by atoms with Gasteiger partial charge in [-0.2, -0.15) is 0 Å². The molecule has 0 aromatic heterocycles. The molecule has 0 saturated carbocycles. The van der Waals surface area contributed by atoms with Gasteiger partial charge in [-0.05, 0) is 50.1 Å². The summed E-state index contributed by atoms with van der Waals surface area (Å²) < 4.78 is 0. The highest BCUT2D eigenvalue weighted by Gasteiger charge is 2.40. The lowest BCUT2D eigenvalue weighted by atomic mass is 9.97. The molecular formula is C18H19ClN2O. The van der Waals surface area contributed by atoms with E-state index < -0.39 is 5.66 Å². The van der Waals surface area contributed by atoms with Crippen LogP contribution in [-0.4, -0.2) is 11.6 Å². The molecule has 3 nitrogen and oxygen atoms in total. The third-order valence-corrected chi connectivity index (χ3v) is 4.77. The zero-order chi connectivity index (χ0) is 15.9. The number of amides is 1. The lowest BCUT2D eigenvalue weighted by molar-refractivity contribution is 0.0956. The van der Waals surface area contributed by atoms with Gasteiger partial charge in [0.2, 0.25) is 0 Å². The Kier molecular flexibility index (Phi) is 3.61. The van der Waals surface area contributed by atoms with Gasteiger partial charge in [-0.1, -0.05) is 36.7 Å². The van der Waals surface area contributed by atoms with Crippen LogP contribution in [0, 0.1) is 6.92 Å². The molecule has 2 aromatic rings. The Morgan fingerprint density at radius 3 is 2.64 bits per heavy atom. The van der Waals surface area contributed by atoms with E-state index in [2.05, 4.69) is 12.2 Å². The molecule has 0 saturated heterocycles. The van der Waals surface area contributed by atoms with E-state index >= 15 is 0 Å². The molecule has 4 heteroatoms. The Balaban J connectivity index is 2.15. The molecule has 1 amide bonds. The number of rotatable bonds is 2. The molecule has 3 rings (SSSR count). The number of anilines is 2. The van der Waals surface area contributed by atoms with Crippen LogP contribution < -0.4 is 10.2 Å². The topological polar surface area (TPSA) is 32.3 Å². The first-order valence-electron chi connectivity index (χ1n) is 7.44. The zero-order valence-corrected chi connectivity index (χ0v) is 13.7. The van der Waals surface area contributed by atoms with Gasteiger partial charge in [0.15, 0.2) is 0 Å². The van der Waals surface area contributed by atoms with E-state index in [-0.39, 0.29) is 5.91 Å². The highest BCUT2D eigenvalue weighted by Crippen LogP contribution is 2.37. The Bertz CT molecular complexity index is 744. The van der Waals surface area contributed by atoms with Gasteiger partial charge in [-0.3, -0.25) is 9.69 Å². The second-order valence-electron chi connectivity index (χ2n) is 5.87. The van der Waals surface area contributed by atoms with Crippen LogP contribution in [0.4, 0.5) is 11.4 Å². The van der Waals surface area contributed by atoms with E-state index in [1.165, 1.54) is 0 Å². The number of nitrogens with zero attached hydrogens (tertiary/aromatic N) is 1. The smallest absolute Gasteiger partial charge is 0.262 e. The van der Waals surface area contributed by atoms with Crippen molar-refractivity contribution in [3.8, 4) is 0 Å². The molecule has 1 aliphatic rings. The number of nitrogens with one attached hydrogen (secondary N) is 1. The summed E-state index contributed by atoms with van der Waals surface area (Å²) in [5.74, 6) is -0.00128. The number of benzene rings is 2. The summed E-state index contributed by atoms with van der Waals surface area (Å²) in [7, 11) is 0. The highest BCUT2D eigenvalue weighted by atomic mass is 35.5. The van der Waals surface area contributed by atoms with E-state index in [1.807, 2.05) is 56.3 Å². The predicted molar refractivity (Wildman–Crippen MR) is 91.8 cm³/mol. The van der Waals surface area contributed by atoms with Crippen LogP contribution in [0.5, 0.6) is 0 Å². The fourth-order valence-corrected chi connectivity index (χ4v) is 3.01. The SMILES string of the molecule is CC[C@@]1(C)Nc2ccccc2C(=O)N1c1ccc(C)c(Cl)c1. The first kappa shape index (κ1) is 14.9. The summed E-state index contributed by atoms with van der Waals surface area (Å²) >= 11 is 6.26. The molecule has 1 atom stereocenters. The maximum absolute atomic E-state index is 13.0. The molecule has 1 N–H and O–H groups in total. The Morgan fingerprint density at radius 2 is 1.95 bits per heavy atom. The average molecular weight is 315 g/mol. The predicted octanol–water partition coefficient (Wildman–Crippen LogP) is 4.85. The summed E-state index contributed by atoms with van der Waals surface area (Å²) in [6.07, 6.45) is 0.776. The van der Waals surface area contributed by atoms with Crippen LogP contribution in [0.1, 0.15) is 36.2 Å². The lowest BCUT2D eigenvalue weighted by Crippen LogP contribution is -2.58. The van der Waals surface area contributed by atoms with Gasteiger partial charge >= 0.3 is 0 Å². The fourth-order valence-electron chi connectivity index (χ4n) is 2.84. The minimum absolute atomic E-state index is 0.00128. The number of halogens is 1. The van der Waals surface area contributed by atoms with Crippen molar-refractivity contribution >= 4 is 28.9 Å². The Morgan fingerprint density at radius 1 is 1.23 bits per heavy atom. The minimum Gasteiger partial charge on any atom is -0.362 e. The fraction of sp³-hybridized carbons (Fsp3) is 0.278. The van der Waals surface area contributed by atoms with Crippen molar-refractivity contribution < 1.29 is 4.79 Å². The second kappa shape index (κ2) is 5.33. The zero-order valence-electron chi connectivity index (χ0n) is 13.0. The summed E-state index contributed by atoms with van der Waals surface area (Å²) in [6, 6.07) is 13.4. The molecule has 1 heterocycles. The second-order valence-corrected chi connectivity index (χ2v) is 6.28. The quantitative estimate of drug-likeness (QED) is 0.859. The molecule has 2 aromatic carbocycles. The van der Waals surface area contributed by atoms with Crippen LogP contribution >= 0.6 is 11.6 Å². The van der Waals surface area contributed by atoms with Crippen LogP contribution in [0.2, 0.25) is 5.02 Å². The molecule has 22 heavy (non-hydrogen) atoms. The Hall–Kier alpha value is -2.00. The van der Waals surface area contributed by atoms with E-state index in [4.69, 9.17) is 11.6 Å². The van der Waals surface area contributed by atoms with Crippen molar-refractivity contribution in [2.75, 3.05) is 10.2 Å². The molecule has 0 unspecified atom stereocenters. The standard InChI is InChI=1S/C18H19ClN2O/c1-4-18(3)20-16-8-6-5-7-14(16)17(22)21(18)13-10-9-12(2)15(19)11-13/h5-11,20H,4H2,1-3H3/t18-/m0/s1. The lowest BCUT2D eigenvalue weighted by Gasteiger charge is -2.46. The van der Waals surface area contributed by atoms with Crippen molar-refractivity contribution in [1.29, 1.82) is 0 Å². The van der Waals surface area contributed by atoms with E-state index in [0.29, 0.717) is 10.6 Å². The van der Waals surface area contributed by atoms with Crippen LogP contribution in [0.3, 0.4) is 0 Å². The largest absolute Gasteiger partial charge is 0.362 e. The molecule has 0 spiro atoms. The Labute approximate surface area is 135 Å². The van der Waals surface area contributed by atoms with Gasteiger partial charge in [0, 0.05) is 16.4 Å². The third kappa shape index (κ3) is 2.26. The first-order chi connectivity index (χ1) is 10.5. The summed E-state index contributed by atoms with van der Waals surface area (Å²) in [5.41, 5.74) is 2.90. The van der Waals surface area contributed by atoms with Crippen molar-refractivity contribution in [2.24, 2.45) is 0 Å². The number of carbonyl (C=O) groups is 1. The van der Waals surface area contributed by atoms with E-state index in [9.17, 15) is 4.79 Å². The number of aryl methyl sites for hydroxylation is 1. The van der Waals surface area contributed by atoms with Gasteiger partial charge in [0.1, 0.15) is 5.66 Å². The van der Waals surface area contributed by atoms with Crippen molar-refractivity contribution in [3.05, 3.63) is 58.6 Å². The van der Waals surface area contributed by atoms with Crippen LogP contribution in [0.25, 0.3) is 0 Å². The van der Waals surface area contributed by atoms with Crippen molar-refractivity contribution in [3.63, 3.8) is 0 Å². The van der Waals surface area contributed by atoms with Crippen LogP contribution in [-0.2, 0) is 0 Å². The first-order valence-corrected chi connectivity index (χ1v) is 7.82. The average Bonchev–Trinajstić information content (AvgIpc) is 2.51. The normalized spacial score (nSPS) is 20.5. The van der Waals surface area contributed by atoms with Gasteiger partial charge in [0.05, 0.1) is 5.56 Å². The van der Waals surface area contributed by atoms with Gasteiger partial charge in [-0.25, -0.2) is 0 Å². The van der Waals surface area contributed by atoms with E-state index in [0.717, 1.165) is 23.4 Å². The minimum atomic E-state index is -0.482. The monoisotopic (exact) mass is 314 g/mol. The van der Waals surface area contributed by atoms with Crippen molar-refractivity contribution in [2.45, 2.75) is 32.9 Å². The van der Waals surface area contributed by atoms with Gasteiger partial charge < -0.3 is 5.32 Å². The van der Waals surface area contributed by atoms with Crippen molar-refractivity contribution in [1.82, 2.24) is 0 Å². The molecule has 0 aliphatic carbocycles. The number of hydrogen-bond donors (Lipinski definition) is 1. The summed E-state index contributed by atoms with van der Waals surface area (Å²) in [6.45, 7) is 6.06. The molecule has 0 radical (unpaired) electrons. The van der Waals surface area contributed by atoms with Gasteiger partial charge in [-0.15, -0.1) is 0 Å². The summed E-state index contributed by atoms with van der Waals surface area (Å²) in [4.78, 5) is 14.8. The molecular weight excluding hydrogens is 296 g/mol. The van der Waals surface area contributed by atoms with Gasteiger partial charge in [0.25, 0.3) is 5.91 Å². The molecule has 114 valence electrons. The molecule has 0 fully saturated rings. The maximum atomic E-state index is 13.0. The number of para-hydroxylation sites is 1. The highest BCUT2D eigenvalue weighted by molar-refractivity contribution is 6.31. The van der Waals surface area contributed by atoms with E-state index in [1.54, 1.807) is 4.90 Å².